The van der Waals surface area contributed by atoms with Crippen molar-refractivity contribution in [3.63, 3.8) is 0 Å². The normalized spacial score (nSPS) is 20.5. The zero-order valence-electron chi connectivity index (χ0n) is 12.1. The molecule has 1 fully saturated rings. The lowest BCUT2D eigenvalue weighted by Gasteiger charge is -2.16. The molecule has 0 aromatic heterocycles. The number of hydrogen-bond acceptors (Lipinski definition) is 4. The van der Waals surface area contributed by atoms with Crippen molar-refractivity contribution >= 4 is 29.5 Å². The van der Waals surface area contributed by atoms with Crippen molar-refractivity contribution in [1.29, 1.82) is 0 Å². The maximum Gasteiger partial charge on any atom is 0.303 e. The maximum absolute atomic E-state index is 12.1. The molecule has 1 N–H and O–H groups in total. The summed E-state index contributed by atoms with van der Waals surface area (Å²) in [6.07, 6.45) is 3.45. The molecular formula is C14H23NO4S. The Balaban J connectivity index is 2.33. The van der Waals surface area contributed by atoms with E-state index in [1.54, 1.807) is 11.8 Å². The number of carbonyl (C=O) groups excluding carboxylic acids is 2. The van der Waals surface area contributed by atoms with E-state index < -0.39 is 5.97 Å². The van der Waals surface area contributed by atoms with Gasteiger partial charge in [-0.15, -0.1) is 11.8 Å². The van der Waals surface area contributed by atoms with Crippen LogP contribution in [0.15, 0.2) is 0 Å². The van der Waals surface area contributed by atoms with E-state index in [0.717, 1.165) is 12.8 Å². The molecule has 1 heterocycles. The predicted molar refractivity (Wildman–Crippen MR) is 78.6 cm³/mol. The summed E-state index contributed by atoms with van der Waals surface area (Å²) in [5, 5.41) is 8.69. The van der Waals surface area contributed by atoms with Crippen molar-refractivity contribution in [3.05, 3.63) is 0 Å². The van der Waals surface area contributed by atoms with Gasteiger partial charge in [-0.3, -0.25) is 19.3 Å². The third-order valence-corrected chi connectivity index (χ3v) is 4.94. The number of nitrogens with zero attached hydrogens (tertiary/aromatic N) is 1. The number of carboxylic acid groups (broad SMARTS) is 1. The molecule has 1 aliphatic heterocycles. The van der Waals surface area contributed by atoms with Gasteiger partial charge in [0.15, 0.2) is 0 Å². The monoisotopic (exact) mass is 301 g/mol. The lowest BCUT2D eigenvalue weighted by molar-refractivity contribution is -0.139. The topological polar surface area (TPSA) is 74.7 Å². The molecule has 0 aromatic carbocycles. The van der Waals surface area contributed by atoms with Crippen LogP contribution in [0.25, 0.3) is 0 Å². The summed E-state index contributed by atoms with van der Waals surface area (Å²) in [6, 6.07) is 0. The summed E-state index contributed by atoms with van der Waals surface area (Å²) in [6.45, 7) is 4.56. The van der Waals surface area contributed by atoms with Crippen LogP contribution in [-0.4, -0.2) is 44.8 Å². The number of aliphatic carboxylic acids is 1. The molecule has 0 aliphatic carbocycles. The number of hydrogen-bond donors (Lipinski definition) is 1. The Morgan fingerprint density at radius 1 is 1.40 bits per heavy atom. The molecule has 0 bridgehead atoms. The van der Waals surface area contributed by atoms with E-state index >= 15 is 0 Å². The number of unbranched alkanes of at least 4 members (excludes halogenated alkanes) is 2. The van der Waals surface area contributed by atoms with Crippen molar-refractivity contribution < 1.29 is 19.5 Å². The Bertz CT molecular complexity index is 372. The first-order chi connectivity index (χ1) is 9.45. The summed E-state index contributed by atoms with van der Waals surface area (Å²) in [5.74, 6) is -0.962. The minimum Gasteiger partial charge on any atom is -0.481 e. The highest BCUT2D eigenvalue weighted by Crippen LogP contribution is 2.29. The second kappa shape index (κ2) is 8.29. The molecule has 2 atom stereocenters. The minimum atomic E-state index is -0.802. The summed E-state index contributed by atoms with van der Waals surface area (Å²) in [4.78, 5) is 35.7. The van der Waals surface area contributed by atoms with Crippen LogP contribution >= 0.6 is 11.8 Å². The van der Waals surface area contributed by atoms with E-state index in [2.05, 4.69) is 13.8 Å². The van der Waals surface area contributed by atoms with Crippen LogP contribution in [0.4, 0.5) is 0 Å². The first kappa shape index (κ1) is 17.0. The Labute approximate surface area is 124 Å². The van der Waals surface area contributed by atoms with Gasteiger partial charge in [-0.1, -0.05) is 20.3 Å². The Hall–Kier alpha value is -1.04. The van der Waals surface area contributed by atoms with Crippen LogP contribution in [0.3, 0.4) is 0 Å². The van der Waals surface area contributed by atoms with Gasteiger partial charge in [0.05, 0.1) is 5.25 Å². The summed E-state index contributed by atoms with van der Waals surface area (Å²) < 4.78 is 0. The fraction of sp³-hybridized carbons (Fsp3) is 0.786. The number of carbonyl (C=O) groups is 3. The van der Waals surface area contributed by atoms with Crippen LogP contribution in [0, 0.1) is 0 Å². The number of thioether (sulfide) groups is 1. The van der Waals surface area contributed by atoms with Gasteiger partial charge in [-0.05, 0) is 19.3 Å². The Morgan fingerprint density at radius 3 is 2.70 bits per heavy atom. The van der Waals surface area contributed by atoms with Gasteiger partial charge in [0, 0.05) is 24.6 Å². The molecule has 6 heteroatoms. The number of imide groups is 1. The fourth-order valence-electron chi connectivity index (χ4n) is 2.09. The third kappa shape index (κ3) is 5.15. The van der Waals surface area contributed by atoms with Crippen LogP contribution in [0.1, 0.15) is 52.4 Å². The van der Waals surface area contributed by atoms with Crippen molar-refractivity contribution in [2.24, 2.45) is 0 Å². The number of likely N-dealkylation sites (tertiary alicyclic amines) is 1. The largest absolute Gasteiger partial charge is 0.481 e. The summed E-state index contributed by atoms with van der Waals surface area (Å²) >= 11 is 1.58. The molecular weight excluding hydrogens is 278 g/mol. The number of rotatable bonds is 9. The molecule has 5 nitrogen and oxygen atoms in total. The van der Waals surface area contributed by atoms with Crippen molar-refractivity contribution in [2.45, 2.75) is 62.9 Å². The second-order valence-electron chi connectivity index (χ2n) is 5.14. The molecule has 0 aromatic rings. The molecule has 2 amide bonds. The van der Waals surface area contributed by atoms with Gasteiger partial charge in [-0.2, -0.15) is 0 Å². The first-order valence-electron chi connectivity index (χ1n) is 7.17. The zero-order chi connectivity index (χ0) is 15.1. The van der Waals surface area contributed by atoms with E-state index in [9.17, 15) is 14.4 Å². The van der Waals surface area contributed by atoms with Crippen molar-refractivity contribution in [1.82, 2.24) is 4.90 Å². The Kier molecular flexibility index (Phi) is 7.05. The molecule has 0 radical (unpaired) electrons. The van der Waals surface area contributed by atoms with Crippen LogP contribution in [-0.2, 0) is 14.4 Å². The third-order valence-electron chi connectivity index (χ3n) is 3.45. The summed E-state index contributed by atoms with van der Waals surface area (Å²) in [5.41, 5.74) is 0. The van der Waals surface area contributed by atoms with Crippen molar-refractivity contribution in [3.8, 4) is 0 Å². The van der Waals surface area contributed by atoms with Gasteiger partial charge >= 0.3 is 5.97 Å². The fourth-order valence-corrected chi connectivity index (χ4v) is 3.33. The number of amides is 2. The van der Waals surface area contributed by atoms with E-state index in [1.807, 2.05) is 0 Å². The standard InChI is InChI=1S/C14H23NO4S/c1-3-10(2)20-11-9-12(16)15(14(11)19)8-6-4-5-7-13(17)18/h10-11H,3-9H2,1-2H3,(H,17,18). The summed E-state index contributed by atoms with van der Waals surface area (Å²) in [7, 11) is 0. The lowest BCUT2D eigenvalue weighted by atomic mass is 10.2. The van der Waals surface area contributed by atoms with Gasteiger partial charge in [0.1, 0.15) is 0 Å². The highest BCUT2D eigenvalue weighted by Gasteiger charge is 2.38. The number of carboxylic acids is 1. The average molecular weight is 301 g/mol. The Morgan fingerprint density at radius 2 is 2.10 bits per heavy atom. The lowest BCUT2D eigenvalue weighted by Crippen LogP contribution is -2.32. The first-order valence-corrected chi connectivity index (χ1v) is 8.11. The van der Waals surface area contributed by atoms with E-state index in [0.29, 0.717) is 31.1 Å². The molecule has 1 rings (SSSR count). The predicted octanol–water partition coefficient (Wildman–Crippen LogP) is 2.29. The van der Waals surface area contributed by atoms with Crippen LogP contribution in [0.2, 0.25) is 0 Å². The molecule has 0 saturated carbocycles. The van der Waals surface area contributed by atoms with Crippen LogP contribution in [0.5, 0.6) is 0 Å². The van der Waals surface area contributed by atoms with Gasteiger partial charge in [0.2, 0.25) is 11.8 Å². The molecule has 2 unspecified atom stereocenters. The minimum absolute atomic E-state index is 0.0708. The molecule has 0 spiro atoms. The smallest absolute Gasteiger partial charge is 0.303 e. The van der Waals surface area contributed by atoms with E-state index in [-0.39, 0.29) is 23.5 Å². The average Bonchev–Trinajstić information content (AvgIpc) is 2.65. The van der Waals surface area contributed by atoms with Gasteiger partial charge in [-0.25, -0.2) is 0 Å². The second-order valence-corrected chi connectivity index (χ2v) is 6.78. The SMILES string of the molecule is CCC(C)SC1CC(=O)N(CCCCCC(=O)O)C1=O. The van der Waals surface area contributed by atoms with Crippen LogP contribution < -0.4 is 0 Å². The maximum atomic E-state index is 12.1. The molecule has 1 aliphatic rings. The van der Waals surface area contributed by atoms with E-state index in [4.69, 9.17) is 5.11 Å². The highest BCUT2D eigenvalue weighted by molar-refractivity contribution is 8.01. The quantitative estimate of drug-likeness (QED) is 0.522. The van der Waals surface area contributed by atoms with Crippen molar-refractivity contribution in [2.75, 3.05) is 6.54 Å². The van der Waals surface area contributed by atoms with Gasteiger partial charge in [0.25, 0.3) is 0 Å². The highest BCUT2D eigenvalue weighted by atomic mass is 32.2. The molecule has 1 saturated heterocycles. The van der Waals surface area contributed by atoms with E-state index in [1.165, 1.54) is 4.90 Å². The molecule has 114 valence electrons. The van der Waals surface area contributed by atoms with Gasteiger partial charge < -0.3 is 5.11 Å². The molecule has 20 heavy (non-hydrogen) atoms. The zero-order valence-corrected chi connectivity index (χ0v) is 12.9.